The second-order valence-corrected chi connectivity index (χ2v) is 7.01. The number of nitrogens with zero attached hydrogens (tertiary/aromatic N) is 3. The molecule has 124 valence electrons. The first kappa shape index (κ1) is 16.4. The molecule has 0 radical (unpaired) electrons. The molecule has 0 bridgehead atoms. The van der Waals surface area contributed by atoms with Crippen molar-refractivity contribution in [2.24, 2.45) is 5.92 Å². The second-order valence-electron chi connectivity index (χ2n) is 5.76. The van der Waals surface area contributed by atoms with E-state index in [1.807, 2.05) is 0 Å². The number of anilines is 1. The number of hydrogen-bond acceptors (Lipinski definition) is 5. The summed E-state index contributed by atoms with van der Waals surface area (Å²) in [4.78, 5) is 10.4. The molecular weight excluding hydrogens is 322 g/mol. The van der Waals surface area contributed by atoms with Gasteiger partial charge >= 0.3 is 0 Å². The highest BCUT2D eigenvalue weighted by Gasteiger charge is 2.24. The number of nitrogens with one attached hydrogen (secondary N) is 1. The Morgan fingerprint density at radius 3 is 2.91 bits per heavy atom. The van der Waals surface area contributed by atoms with Crippen molar-refractivity contribution in [2.45, 2.75) is 12.8 Å². The maximum atomic E-state index is 13.6. The summed E-state index contributed by atoms with van der Waals surface area (Å²) in [7, 11) is 0. The minimum atomic E-state index is -0.902. The summed E-state index contributed by atoms with van der Waals surface area (Å²) in [5, 5.41) is 0.525. The first-order valence-electron chi connectivity index (χ1n) is 7.48. The molecule has 1 saturated heterocycles. The third kappa shape index (κ3) is 3.70. The zero-order valence-electron chi connectivity index (χ0n) is 12.8. The average Bonchev–Trinajstić information content (AvgIpc) is 2.54. The maximum absolute atomic E-state index is 13.6. The fraction of sp³-hybridized carbons (Fsp3) is 0.467. The predicted octanol–water partition coefficient (Wildman–Crippen LogP) is 2.35. The van der Waals surface area contributed by atoms with Crippen molar-refractivity contribution in [3.8, 4) is 0 Å². The first-order valence-corrected chi connectivity index (χ1v) is 9.07. The molecule has 5 nitrogen and oxygen atoms in total. The molecule has 2 N–H and O–H groups in total. The number of halogens is 2. The van der Waals surface area contributed by atoms with Gasteiger partial charge in [-0.25, -0.2) is 18.7 Å². The smallest absolute Gasteiger partial charge is 0.231 e. The second kappa shape index (κ2) is 6.94. The molecule has 1 aromatic carbocycles. The van der Waals surface area contributed by atoms with E-state index in [1.54, 1.807) is 6.26 Å². The number of hydrogen-bond donors (Lipinski definition) is 2. The fourth-order valence-corrected chi connectivity index (χ4v) is 3.43. The van der Waals surface area contributed by atoms with E-state index < -0.39 is 23.0 Å². The normalized spacial score (nSPS) is 20.0. The third-order valence-corrected chi connectivity index (χ3v) is 4.64. The van der Waals surface area contributed by atoms with Crippen molar-refractivity contribution in [2.75, 3.05) is 30.8 Å². The molecule has 2 unspecified atom stereocenters. The molecular formula is C15H19F2N4OS+. The van der Waals surface area contributed by atoms with Crippen LogP contribution in [0, 0.1) is 17.6 Å². The van der Waals surface area contributed by atoms with Gasteiger partial charge in [-0.05, 0) is 24.8 Å². The van der Waals surface area contributed by atoms with Crippen LogP contribution in [-0.4, -0.2) is 40.4 Å². The summed E-state index contributed by atoms with van der Waals surface area (Å²) >= 11 is -0.786. The summed E-state index contributed by atoms with van der Waals surface area (Å²) in [6.07, 6.45) is 5.15. The van der Waals surface area contributed by atoms with Crippen molar-refractivity contribution < 1.29 is 13.3 Å². The molecule has 2 atom stereocenters. The van der Waals surface area contributed by atoms with Gasteiger partial charge < -0.3 is 4.90 Å². The van der Waals surface area contributed by atoms with Crippen molar-refractivity contribution in [1.82, 2.24) is 14.7 Å². The lowest BCUT2D eigenvalue weighted by molar-refractivity contribution is 0.411. The van der Waals surface area contributed by atoms with Crippen LogP contribution < -0.4 is 9.62 Å². The highest BCUT2D eigenvalue weighted by molar-refractivity contribution is 7.88. The van der Waals surface area contributed by atoms with Gasteiger partial charge in [-0.2, -0.15) is 4.55 Å². The van der Waals surface area contributed by atoms with E-state index in [-0.39, 0.29) is 0 Å². The van der Waals surface area contributed by atoms with E-state index in [9.17, 15) is 13.3 Å². The SMILES string of the molecule is C[S+](O)NCC1CCCN(c2ncnc3cc(F)c(F)cc23)C1. The van der Waals surface area contributed by atoms with Gasteiger partial charge in [-0.15, -0.1) is 4.72 Å². The Labute approximate surface area is 136 Å². The molecule has 3 rings (SSSR count). The summed E-state index contributed by atoms with van der Waals surface area (Å²) in [6, 6.07) is 2.27. The Bertz CT molecular complexity index is 700. The highest BCUT2D eigenvalue weighted by Crippen LogP contribution is 2.28. The van der Waals surface area contributed by atoms with Crippen molar-refractivity contribution in [1.29, 1.82) is 0 Å². The Kier molecular flexibility index (Phi) is 4.93. The van der Waals surface area contributed by atoms with Gasteiger partial charge in [0, 0.05) is 31.1 Å². The van der Waals surface area contributed by atoms with Gasteiger partial charge in [0.2, 0.25) is 11.4 Å². The quantitative estimate of drug-likeness (QED) is 0.836. The number of rotatable bonds is 4. The Morgan fingerprint density at radius 1 is 1.35 bits per heavy atom. The van der Waals surface area contributed by atoms with Gasteiger partial charge in [0.05, 0.1) is 5.52 Å². The van der Waals surface area contributed by atoms with Crippen LogP contribution in [0.15, 0.2) is 18.5 Å². The Hall–Kier alpha value is -1.51. The summed E-state index contributed by atoms with van der Waals surface area (Å²) in [5.74, 6) is -0.779. The van der Waals surface area contributed by atoms with Crippen molar-refractivity contribution >= 4 is 28.1 Å². The van der Waals surface area contributed by atoms with Crippen LogP contribution >= 0.6 is 0 Å². The molecule has 0 amide bonds. The summed E-state index contributed by atoms with van der Waals surface area (Å²) < 4.78 is 39.4. The predicted molar refractivity (Wildman–Crippen MR) is 88.3 cm³/mol. The molecule has 2 aromatic rings. The zero-order chi connectivity index (χ0) is 16.4. The minimum Gasteiger partial charge on any atom is -0.356 e. The molecule has 2 heterocycles. The standard InChI is InChI=1S/C15H19F2N4OS/c1-23(22)20-7-10-3-2-4-21(8-10)15-11-5-12(16)13(17)6-14(11)18-9-19-15/h5-6,9-10,20,22H,2-4,7-8H2,1H3/q+1. The number of piperidine rings is 1. The molecule has 0 aliphatic carbocycles. The molecule has 0 saturated carbocycles. The van der Waals surface area contributed by atoms with E-state index in [2.05, 4.69) is 19.6 Å². The van der Waals surface area contributed by atoms with Crippen LogP contribution in [0.3, 0.4) is 0 Å². The molecule has 23 heavy (non-hydrogen) atoms. The molecule has 0 spiro atoms. The number of aromatic nitrogens is 2. The van der Waals surface area contributed by atoms with Crippen LogP contribution in [-0.2, 0) is 11.4 Å². The van der Waals surface area contributed by atoms with Crippen LogP contribution in [0.5, 0.6) is 0 Å². The first-order chi connectivity index (χ1) is 11.0. The van der Waals surface area contributed by atoms with Gasteiger partial charge in [-0.3, -0.25) is 0 Å². The van der Waals surface area contributed by atoms with Crippen molar-refractivity contribution in [3.63, 3.8) is 0 Å². The van der Waals surface area contributed by atoms with Crippen molar-refractivity contribution in [3.05, 3.63) is 30.1 Å². The molecule has 1 aliphatic heterocycles. The Balaban J connectivity index is 1.86. The fourth-order valence-electron chi connectivity index (χ4n) is 2.95. The van der Waals surface area contributed by atoms with Gasteiger partial charge in [0.1, 0.15) is 12.1 Å². The highest BCUT2D eigenvalue weighted by atomic mass is 32.2. The zero-order valence-corrected chi connectivity index (χ0v) is 13.6. The average molecular weight is 341 g/mol. The molecule has 1 fully saturated rings. The monoisotopic (exact) mass is 341 g/mol. The summed E-state index contributed by atoms with van der Waals surface area (Å²) in [6.45, 7) is 2.30. The number of fused-ring (bicyclic) bond motifs is 1. The lowest BCUT2D eigenvalue weighted by Crippen LogP contribution is -2.41. The van der Waals surface area contributed by atoms with E-state index in [4.69, 9.17) is 0 Å². The van der Waals surface area contributed by atoms with E-state index in [0.29, 0.717) is 22.6 Å². The molecule has 8 heteroatoms. The van der Waals surface area contributed by atoms with E-state index >= 15 is 0 Å². The maximum Gasteiger partial charge on any atom is 0.231 e. The van der Waals surface area contributed by atoms with Crippen LogP contribution in [0.4, 0.5) is 14.6 Å². The molecule has 1 aromatic heterocycles. The lowest BCUT2D eigenvalue weighted by Gasteiger charge is -2.33. The topological polar surface area (TPSA) is 61.3 Å². The lowest BCUT2D eigenvalue weighted by atomic mass is 9.98. The van der Waals surface area contributed by atoms with Gasteiger partial charge in [0.15, 0.2) is 17.9 Å². The van der Waals surface area contributed by atoms with Crippen LogP contribution in [0.1, 0.15) is 12.8 Å². The summed E-state index contributed by atoms with van der Waals surface area (Å²) in [5.41, 5.74) is 0.402. The van der Waals surface area contributed by atoms with Crippen LogP contribution in [0.25, 0.3) is 10.9 Å². The van der Waals surface area contributed by atoms with Crippen LogP contribution in [0.2, 0.25) is 0 Å². The molecule has 1 aliphatic rings. The van der Waals surface area contributed by atoms with Gasteiger partial charge in [0.25, 0.3) is 0 Å². The Morgan fingerprint density at radius 2 is 2.13 bits per heavy atom. The largest absolute Gasteiger partial charge is 0.356 e. The minimum absolute atomic E-state index is 0.376. The third-order valence-electron chi connectivity index (χ3n) is 4.06. The van der Waals surface area contributed by atoms with E-state index in [1.165, 1.54) is 12.4 Å². The van der Waals surface area contributed by atoms with E-state index in [0.717, 1.165) is 38.5 Å². The van der Waals surface area contributed by atoms with Gasteiger partial charge in [-0.1, -0.05) is 0 Å². The number of benzene rings is 1.